The number of aryl methyl sites for hydroxylation is 2. The van der Waals surface area contributed by atoms with E-state index in [0.29, 0.717) is 0 Å². The van der Waals surface area contributed by atoms with Gasteiger partial charge in [0, 0.05) is 23.8 Å². The first-order chi connectivity index (χ1) is 10.0. The van der Waals surface area contributed by atoms with E-state index in [-0.39, 0.29) is 11.9 Å². The lowest BCUT2D eigenvalue weighted by Gasteiger charge is -2.15. The Labute approximate surface area is 126 Å². The van der Waals surface area contributed by atoms with Crippen LogP contribution in [0.5, 0.6) is 0 Å². The van der Waals surface area contributed by atoms with Crippen LogP contribution in [0.15, 0.2) is 24.3 Å². The minimum absolute atomic E-state index is 0.182. The first-order valence-corrected chi connectivity index (χ1v) is 7.54. The van der Waals surface area contributed by atoms with Gasteiger partial charge in [0.25, 0.3) is 0 Å². The molecule has 0 aliphatic carbocycles. The van der Waals surface area contributed by atoms with Crippen LogP contribution in [0.3, 0.4) is 0 Å². The lowest BCUT2D eigenvalue weighted by molar-refractivity contribution is 0.568. The molecule has 0 radical (unpaired) electrons. The first-order valence-electron chi connectivity index (χ1n) is 7.54. The molecule has 1 aromatic carbocycles. The molecular weight excluding hydrogens is 265 g/mol. The van der Waals surface area contributed by atoms with Gasteiger partial charge >= 0.3 is 0 Å². The molecule has 0 saturated heterocycles. The van der Waals surface area contributed by atoms with Crippen LogP contribution in [0, 0.1) is 19.7 Å². The van der Waals surface area contributed by atoms with Gasteiger partial charge in [-0.3, -0.25) is 4.68 Å². The highest BCUT2D eigenvalue weighted by Gasteiger charge is 2.16. The zero-order valence-corrected chi connectivity index (χ0v) is 13.3. The van der Waals surface area contributed by atoms with Crippen molar-refractivity contribution in [1.29, 1.82) is 0 Å². The van der Waals surface area contributed by atoms with Gasteiger partial charge in [-0.25, -0.2) is 4.39 Å². The summed E-state index contributed by atoms with van der Waals surface area (Å²) >= 11 is 0. The van der Waals surface area contributed by atoms with Crippen molar-refractivity contribution in [2.45, 2.75) is 46.7 Å². The Morgan fingerprint density at radius 2 is 1.90 bits per heavy atom. The average Bonchev–Trinajstić information content (AvgIpc) is 2.75. The van der Waals surface area contributed by atoms with Gasteiger partial charge < -0.3 is 5.32 Å². The molecule has 0 bridgehead atoms. The number of rotatable bonds is 6. The Kier molecular flexibility index (Phi) is 5.12. The van der Waals surface area contributed by atoms with E-state index in [1.165, 1.54) is 23.4 Å². The Bertz CT molecular complexity index is 587. The van der Waals surface area contributed by atoms with Gasteiger partial charge in [-0.15, -0.1) is 0 Å². The van der Waals surface area contributed by atoms with Crippen LogP contribution in [0.25, 0.3) is 0 Å². The maximum atomic E-state index is 12.9. The van der Waals surface area contributed by atoms with E-state index in [9.17, 15) is 4.39 Å². The molecule has 0 aliphatic rings. The van der Waals surface area contributed by atoms with E-state index >= 15 is 0 Å². The minimum atomic E-state index is -0.182. The van der Waals surface area contributed by atoms with E-state index in [4.69, 9.17) is 0 Å². The number of halogens is 1. The molecule has 1 unspecified atom stereocenters. The molecule has 1 atom stereocenters. The van der Waals surface area contributed by atoms with Gasteiger partial charge in [-0.1, -0.05) is 12.1 Å². The van der Waals surface area contributed by atoms with E-state index in [0.717, 1.165) is 30.8 Å². The Morgan fingerprint density at radius 1 is 1.24 bits per heavy atom. The van der Waals surface area contributed by atoms with Crippen LogP contribution < -0.4 is 5.32 Å². The van der Waals surface area contributed by atoms with Crippen molar-refractivity contribution < 1.29 is 4.39 Å². The second-order valence-electron chi connectivity index (χ2n) is 5.45. The Morgan fingerprint density at radius 3 is 2.48 bits per heavy atom. The lowest BCUT2D eigenvalue weighted by Crippen LogP contribution is -2.22. The normalized spacial score (nSPS) is 12.6. The SMILES string of the molecule is CCn1nc(C)c(C(C)NCCc2ccc(F)cc2)c1C. The molecule has 0 saturated carbocycles. The maximum absolute atomic E-state index is 12.9. The highest BCUT2D eigenvalue weighted by molar-refractivity contribution is 5.27. The van der Waals surface area contributed by atoms with Gasteiger partial charge in [0.1, 0.15) is 5.82 Å². The minimum Gasteiger partial charge on any atom is -0.310 e. The monoisotopic (exact) mass is 289 g/mol. The largest absolute Gasteiger partial charge is 0.310 e. The summed E-state index contributed by atoms with van der Waals surface area (Å²) in [7, 11) is 0. The molecule has 0 aliphatic heterocycles. The highest BCUT2D eigenvalue weighted by atomic mass is 19.1. The van der Waals surface area contributed by atoms with Crippen LogP contribution in [-0.4, -0.2) is 16.3 Å². The van der Waals surface area contributed by atoms with E-state index in [1.807, 2.05) is 16.8 Å². The van der Waals surface area contributed by atoms with Crippen LogP contribution in [0.2, 0.25) is 0 Å². The number of nitrogens with one attached hydrogen (secondary N) is 1. The summed E-state index contributed by atoms with van der Waals surface area (Å²) in [4.78, 5) is 0. The van der Waals surface area contributed by atoms with E-state index < -0.39 is 0 Å². The van der Waals surface area contributed by atoms with Gasteiger partial charge in [0.2, 0.25) is 0 Å². The predicted molar refractivity (Wildman–Crippen MR) is 83.9 cm³/mol. The Hall–Kier alpha value is -1.68. The fourth-order valence-corrected chi connectivity index (χ4v) is 2.83. The van der Waals surface area contributed by atoms with Crippen molar-refractivity contribution in [2.24, 2.45) is 0 Å². The molecule has 0 fully saturated rings. The predicted octanol–water partition coefficient (Wildman–Crippen LogP) is 3.55. The van der Waals surface area contributed by atoms with Gasteiger partial charge in [0.15, 0.2) is 0 Å². The number of benzene rings is 1. The van der Waals surface area contributed by atoms with Crippen molar-refractivity contribution in [3.8, 4) is 0 Å². The molecule has 4 heteroatoms. The van der Waals surface area contributed by atoms with Crippen LogP contribution >= 0.6 is 0 Å². The summed E-state index contributed by atoms with van der Waals surface area (Å²) in [5.74, 6) is -0.182. The van der Waals surface area contributed by atoms with Gasteiger partial charge in [0.05, 0.1) is 5.69 Å². The van der Waals surface area contributed by atoms with Gasteiger partial charge in [-0.05, 0) is 58.4 Å². The summed E-state index contributed by atoms with van der Waals surface area (Å²) in [6, 6.07) is 6.97. The van der Waals surface area contributed by atoms with Crippen LogP contribution in [-0.2, 0) is 13.0 Å². The molecule has 2 aromatic rings. The molecule has 0 amide bonds. The fraction of sp³-hybridized carbons (Fsp3) is 0.471. The smallest absolute Gasteiger partial charge is 0.123 e. The summed E-state index contributed by atoms with van der Waals surface area (Å²) in [6.07, 6.45) is 0.893. The van der Waals surface area contributed by atoms with Crippen molar-refractivity contribution in [3.63, 3.8) is 0 Å². The summed E-state index contributed by atoms with van der Waals surface area (Å²) < 4.78 is 14.9. The van der Waals surface area contributed by atoms with Crippen molar-refractivity contribution in [3.05, 3.63) is 52.6 Å². The Balaban J connectivity index is 1.94. The first kappa shape index (κ1) is 15.7. The molecule has 1 aromatic heterocycles. The zero-order chi connectivity index (χ0) is 15.4. The number of nitrogens with zero attached hydrogens (tertiary/aromatic N) is 2. The zero-order valence-electron chi connectivity index (χ0n) is 13.3. The molecule has 1 heterocycles. The molecule has 3 nitrogen and oxygen atoms in total. The molecule has 21 heavy (non-hydrogen) atoms. The van der Waals surface area contributed by atoms with Crippen LogP contribution in [0.4, 0.5) is 4.39 Å². The summed E-state index contributed by atoms with van der Waals surface area (Å²) in [5.41, 5.74) is 4.76. The number of hydrogen-bond acceptors (Lipinski definition) is 2. The topological polar surface area (TPSA) is 29.9 Å². The van der Waals surface area contributed by atoms with Gasteiger partial charge in [-0.2, -0.15) is 5.10 Å². The molecule has 2 rings (SSSR count). The van der Waals surface area contributed by atoms with Crippen molar-refractivity contribution >= 4 is 0 Å². The quantitative estimate of drug-likeness (QED) is 0.881. The van der Waals surface area contributed by atoms with Crippen molar-refractivity contribution in [2.75, 3.05) is 6.54 Å². The highest BCUT2D eigenvalue weighted by Crippen LogP contribution is 2.21. The summed E-state index contributed by atoms with van der Waals surface area (Å²) in [6.45, 7) is 10.2. The fourth-order valence-electron chi connectivity index (χ4n) is 2.83. The molecule has 114 valence electrons. The average molecular weight is 289 g/mol. The van der Waals surface area contributed by atoms with E-state index in [1.54, 1.807) is 0 Å². The standard InChI is InChI=1S/C17H24FN3/c1-5-21-14(4)17(13(3)20-21)12(2)19-11-10-15-6-8-16(18)9-7-15/h6-9,12,19H,5,10-11H2,1-4H3. The lowest BCUT2D eigenvalue weighted by atomic mass is 10.1. The molecule has 1 N–H and O–H groups in total. The molecule has 0 spiro atoms. The van der Waals surface area contributed by atoms with Crippen molar-refractivity contribution in [1.82, 2.24) is 15.1 Å². The van der Waals surface area contributed by atoms with E-state index in [2.05, 4.69) is 38.1 Å². The van der Waals surface area contributed by atoms with Crippen LogP contribution in [0.1, 0.15) is 42.4 Å². The third kappa shape index (κ3) is 3.70. The third-order valence-corrected chi connectivity index (χ3v) is 3.95. The number of hydrogen-bond donors (Lipinski definition) is 1. The summed E-state index contributed by atoms with van der Waals surface area (Å²) in [5, 5.41) is 8.09. The second kappa shape index (κ2) is 6.85. The maximum Gasteiger partial charge on any atom is 0.123 e. The third-order valence-electron chi connectivity index (χ3n) is 3.95. The molecular formula is C17H24FN3. The number of aromatic nitrogens is 2. The second-order valence-corrected chi connectivity index (χ2v) is 5.45.